The first-order chi connectivity index (χ1) is 9.39. The van der Waals surface area contributed by atoms with E-state index in [-0.39, 0.29) is 11.2 Å². The van der Waals surface area contributed by atoms with Gasteiger partial charge in [-0.25, -0.2) is 0 Å². The lowest BCUT2D eigenvalue weighted by molar-refractivity contribution is -0.112. The molecule has 118 valence electrons. The highest BCUT2D eigenvalue weighted by atomic mass is 16.5. The van der Waals surface area contributed by atoms with Crippen molar-refractivity contribution < 1.29 is 9.47 Å². The van der Waals surface area contributed by atoms with E-state index in [1.54, 1.807) is 0 Å². The molecule has 0 aromatic carbocycles. The highest BCUT2D eigenvalue weighted by molar-refractivity contribution is 4.92. The van der Waals surface area contributed by atoms with Gasteiger partial charge in [-0.05, 0) is 52.4 Å². The van der Waals surface area contributed by atoms with Crippen molar-refractivity contribution in [2.75, 3.05) is 19.8 Å². The van der Waals surface area contributed by atoms with Crippen LogP contribution in [-0.2, 0) is 9.47 Å². The fourth-order valence-electron chi connectivity index (χ4n) is 3.18. The Morgan fingerprint density at radius 1 is 1.15 bits per heavy atom. The second kappa shape index (κ2) is 6.76. The standard InChI is InChI=1S/C17H33NO2/c1-14-6-5-9-17(12-14,13-18-15-7-8-15)20-11-10-19-16(2,3)4/h14-15,18H,5-13H2,1-4H3. The SMILES string of the molecule is CC1CCCC(CNC2CC2)(OCCOC(C)(C)C)C1. The van der Waals surface area contributed by atoms with Crippen molar-refractivity contribution in [2.24, 2.45) is 5.92 Å². The molecule has 3 heteroatoms. The summed E-state index contributed by atoms with van der Waals surface area (Å²) in [5.41, 5.74) is -0.00978. The first-order valence-corrected chi connectivity index (χ1v) is 8.40. The Balaban J connectivity index is 1.78. The normalized spacial score (nSPS) is 31.5. The van der Waals surface area contributed by atoms with E-state index in [0.29, 0.717) is 6.61 Å². The van der Waals surface area contributed by atoms with Gasteiger partial charge < -0.3 is 14.8 Å². The first kappa shape index (κ1) is 16.3. The van der Waals surface area contributed by atoms with Crippen molar-refractivity contribution in [2.45, 2.75) is 83.5 Å². The Morgan fingerprint density at radius 3 is 2.50 bits per heavy atom. The van der Waals surface area contributed by atoms with Gasteiger partial charge in [0.05, 0.1) is 24.4 Å². The Kier molecular flexibility index (Phi) is 5.49. The van der Waals surface area contributed by atoms with Gasteiger partial charge in [-0.15, -0.1) is 0 Å². The van der Waals surface area contributed by atoms with E-state index >= 15 is 0 Å². The molecule has 2 saturated carbocycles. The van der Waals surface area contributed by atoms with E-state index in [1.165, 1.54) is 38.5 Å². The molecule has 2 fully saturated rings. The topological polar surface area (TPSA) is 30.5 Å². The van der Waals surface area contributed by atoms with Crippen LogP contribution in [0.1, 0.15) is 66.2 Å². The summed E-state index contributed by atoms with van der Waals surface area (Å²) in [6.07, 6.45) is 7.74. The van der Waals surface area contributed by atoms with Crippen molar-refractivity contribution in [1.29, 1.82) is 0 Å². The molecule has 0 amide bonds. The number of nitrogens with one attached hydrogen (secondary N) is 1. The summed E-state index contributed by atoms with van der Waals surface area (Å²) < 4.78 is 12.1. The maximum Gasteiger partial charge on any atom is 0.0810 e. The average Bonchev–Trinajstić information content (AvgIpc) is 3.15. The average molecular weight is 283 g/mol. The quantitative estimate of drug-likeness (QED) is 0.725. The molecule has 1 N–H and O–H groups in total. The van der Waals surface area contributed by atoms with E-state index in [0.717, 1.165) is 25.1 Å². The fourth-order valence-corrected chi connectivity index (χ4v) is 3.18. The van der Waals surface area contributed by atoms with E-state index in [4.69, 9.17) is 9.47 Å². The molecule has 2 aliphatic rings. The third-order valence-corrected chi connectivity index (χ3v) is 4.37. The van der Waals surface area contributed by atoms with Gasteiger partial charge in [-0.2, -0.15) is 0 Å². The van der Waals surface area contributed by atoms with Crippen LogP contribution in [0.15, 0.2) is 0 Å². The molecular weight excluding hydrogens is 250 g/mol. The zero-order valence-electron chi connectivity index (χ0n) is 13.8. The summed E-state index contributed by atoms with van der Waals surface area (Å²) in [7, 11) is 0. The molecule has 0 radical (unpaired) electrons. The zero-order chi connectivity index (χ0) is 14.6. The van der Waals surface area contributed by atoms with Crippen molar-refractivity contribution in [3.8, 4) is 0 Å². The van der Waals surface area contributed by atoms with Gasteiger partial charge >= 0.3 is 0 Å². The van der Waals surface area contributed by atoms with Crippen LogP contribution in [-0.4, -0.2) is 37.0 Å². The molecule has 2 unspecified atom stereocenters. The van der Waals surface area contributed by atoms with E-state index in [1.807, 2.05) is 0 Å². The van der Waals surface area contributed by atoms with Gasteiger partial charge in [-0.3, -0.25) is 0 Å². The summed E-state index contributed by atoms with van der Waals surface area (Å²) in [6.45, 7) is 11.1. The lowest BCUT2D eigenvalue weighted by atomic mass is 9.78. The molecule has 0 bridgehead atoms. The molecule has 2 atom stereocenters. The largest absolute Gasteiger partial charge is 0.373 e. The van der Waals surface area contributed by atoms with Crippen LogP contribution in [0.5, 0.6) is 0 Å². The molecule has 0 saturated heterocycles. The van der Waals surface area contributed by atoms with Crippen molar-refractivity contribution in [3.05, 3.63) is 0 Å². The lowest BCUT2D eigenvalue weighted by Crippen LogP contribution is -2.47. The van der Waals surface area contributed by atoms with Crippen LogP contribution >= 0.6 is 0 Å². The van der Waals surface area contributed by atoms with Crippen LogP contribution in [0.2, 0.25) is 0 Å². The molecule has 2 aliphatic carbocycles. The summed E-state index contributed by atoms with van der Waals surface area (Å²) >= 11 is 0. The minimum absolute atomic E-state index is 0.0570. The number of hydrogen-bond donors (Lipinski definition) is 1. The second-order valence-electron chi connectivity index (χ2n) is 7.85. The van der Waals surface area contributed by atoms with Crippen LogP contribution < -0.4 is 5.32 Å². The summed E-state index contributed by atoms with van der Waals surface area (Å²) in [6, 6.07) is 0.763. The summed E-state index contributed by atoms with van der Waals surface area (Å²) in [5, 5.41) is 3.68. The zero-order valence-corrected chi connectivity index (χ0v) is 13.8. The Morgan fingerprint density at radius 2 is 1.90 bits per heavy atom. The molecule has 20 heavy (non-hydrogen) atoms. The van der Waals surface area contributed by atoms with Gasteiger partial charge in [-0.1, -0.05) is 19.8 Å². The van der Waals surface area contributed by atoms with Gasteiger partial charge in [0.15, 0.2) is 0 Å². The molecule has 0 heterocycles. The molecule has 0 spiro atoms. The van der Waals surface area contributed by atoms with Crippen molar-refractivity contribution in [3.63, 3.8) is 0 Å². The van der Waals surface area contributed by atoms with Crippen LogP contribution in [0, 0.1) is 5.92 Å². The summed E-state index contributed by atoms with van der Waals surface area (Å²) in [4.78, 5) is 0. The third kappa shape index (κ3) is 5.71. The van der Waals surface area contributed by atoms with Crippen LogP contribution in [0.25, 0.3) is 0 Å². The van der Waals surface area contributed by atoms with E-state index < -0.39 is 0 Å². The minimum Gasteiger partial charge on any atom is -0.373 e. The Bertz CT molecular complexity index is 296. The van der Waals surface area contributed by atoms with Gasteiger partial charge in [0.1, 0.15) is 0 Å². The van der Waals surface area contributed by atoms with Crippen LogP contribution in [0.3, 0.4) is 0 Å². The highest BCUT2D eigenvalue weighted by Gasteiger charge is 2.37. The molecular formula is C17H33NO2. The first-order valence-electron chi connectivity index (χ1n) is 8.40. The van der Waals surface area contributed by atoms with Crippen LogP contribution in [0.4, 0.5) is 0 Å². The Labute approximate surface area is 124 Å². The monoisotopic (exact) mass is 283 g/mol. The number of rotatable bonds is 7. The maximum atomic E-state index is 6.33. The number of hydrogen-bond acceptors (Lipinski definition) is 3. The van der Waals surface area contributed by atoms with Crippen molar-refractivity contribution >= 4 is 0 Å². The smallest absolute Gasteiger partial charge is 0.0810 e. The number of ether oxygens (including phenoxy) is 2. The summed E-state index contributed by atoms with van der Waals surface area (Å²) in [5.74, 6) is 0.785. The molecule has 0 aliphatic heterocycles. The maximum absolute atomic E-state index is 6.33. The lowest BCUT2D eigenvalue weighted by Gasteiger charge is -2.40. The fraction of sp³-hybridized carbons (Fsp3) is 1.00. The predicted octanol–water partition coefficient (Wildman–Crippen LogP) is 3.52. The van der Waals surface area contributed by atoms with Gasteiger partial charge in [0.2, 0.25) is 0 Å². The third-order valence-electron chi connectivity index (χ3n) is 4.37. The predicted molar refractivity (Wildman–Crippen MR) is 83.0 cm³/mol. The van der Waals surface area contributed by atoms with E-state index in [2.05, 4.69) is 33.0 Å². The molecule has 0 aromatic heterocycles. The second-order valence-corrected chi connectivity index (χ2v) is 7.85. The highest BCUT2D eigenvalue weighted by Crippen LogP contribution is 2.35. The molecule has 3 nitrogen and oxygen atoms in total. The Hall–Kier alpha value is -0.120. The van der Waals surface area contributed by atoms with Gasteiger partial charge in [0.25, 0.3) is 0 Å². The van der Waals surface area contributed by atoms with E-state index in [9.17, 15) is 0 Å². The molecule has 0 aromatic rings. The molecule has 2 rings (SSSR count). The minimum atomic E-state index is -0.0668. The van der Waals surface area contributed by atoms with Crippen molar-refractivity contribution in [1.82, 2.24) is 5.32 Å². The van der Waals surface area contributed by atoms with Gasteiger partial charge in [0, 0.05) is 12.6 Å².